The third kappa shape index (κ3) is 3.77. The number of nitrogens with zero attached hydrogens (tertiary/aromatic N) is 1. The van der Waals surface area contributed by atoms with Gasteiger partial charge in [0.1, 0.15) is 6.26 Å². The summed E-state index contributed by atoms with van der Waals surface area (Å²) in [5.41, 5.74) is -0.527. The first-order valence-electron chi connectivity index (χ1n) is 7.87. The predicted molar refractivity (Wildman–Crippen MR) is 81.3 cm³/mol. The average molecular weight is 338 g/mol. The second-order valence-electron chi connectivity index (χ2n) is 5.92. The SMILES string of the molecule is O=C(NC1CCCCC1)c1coc(-c2cccc(C(F)(F)F)c2)n1. The molecule has 0 aliphatic heterocycles. The number of hydrogen-bond donors (Lipinski definition) is 1. The number of carbonyl (C=O) groups excluding carboxylic acids is 1. The van der Waals surface area contributed by atoms with Crippen molar-refractivity contribution in [2.75, 3.05) is 0 Å². The molecule has 0 bridgehead atoms. The number of hydrogen-bond acceptors (Lipinski definition) is 3. The van der Waals surface area contributed by atoms with E-state index in [4.69, 9.17) is 4.42 Å². The largest absolute Gasteiger partial charge is 0.444 e. The molecular formula is C17H17F3N2O2. The molecule has 1 aromatic heterocycles. The molecule has 0 atom stereocenters. The fourth-order valence-corrected chi connectivity index (χ4v) is 2.85. The Kier molecular flexibility index (Phi) is 4.59. The summed E-state index contributed by atoms with van der Waals surface area (Å²) in [4.78, 5) is 16.2. The Morgan fingerprint density at radius 3 is 2.67 bits per heavy atom. The Morgan fingerprint density at radius 1 is 1.21 bits per heavy atom. The zero-order chi connectivity index (χ0) is 17.2. The highest BCUT2D eigenvalue weighted by atomic mass is 19.4. The molecule has 7 heteroatoms. The van der Waals surface area contributed by atoms with Crippen molar-refractivity contribution in [1.29, 1.82) is 0 Å². The van der Waals surface area contributed by atoms with E-state index in [-0.39, 0.29) is 29.1 Å². The van der Waals surface area contributed by atoms with Crippen molar-refractivity contribution in [2.45, 2.75) is 44.3 Å². The van der Waals surface area contributed by atoms with Gasteiger partial charge in [-0.05, 0) is 31.0 Å². The first-order chi connectivity index (χ1) is 11.4. The van der Waals surface area contributed by atoms with Crippen molar-refractivity contribution < 1.29 is 22.4 Å². The molecule has 3 rings (SSSR count). The summed E-state index contributed by atoms with van der Waals surface area (Å²) in [6, 6.07) is 4.80. The highest BCUT2D eigenvalue weighted by Crippen LogP contribution is 2.32. The molecule has 2 aromatic rings. The third-order valence-corrected chi connectivity index (χ3v) is 4.11. The van der Waals surface area contributed by atoms with E-state index in [0.29, 0.717) is 0 Å². The van der Waals surface area contributed by atoms with Crippen LogP contribution in [0.4, 0.5) is 13.2 Å². The first kappa shape index (κ1) is 16.5. The smallest absolute Gasteiger partial charge is 0.416 e. The lowest BCUT2D eigenvalue weighted by Gasteiger charge is -2.22. The molecule has 0 saturated heterocycles. The van der Waals surface area contributed by atoms with E-state index in [0.717, 1.165) is 37.8 Å². The van der Waals surface area contributed by atoms with E-state index < -0.39 is 11.7 Å². The Morgan fingerprint density at radius 2 is 1.96 bits per heavy atom. The molecule has 0 unspecified atom stereocenters. The summed E-state index contributed by atoms with van der Waals surface area (Å²) in [6.07, 6.45) is 1.94. The van der Waals surface area contributed by atoms with Gasteiger partial charge in [0.2, 0.25) is 5.89 Å². The molecule has 1 heterocycles. The van der Waals surface area contributed by atoms with Gasteiger partial charge in [-0.25, -0.2) is 4.98 Å². The van der Waals surface area contributed by atoms with E-state index >= 15 is 0 Å². The topological polar surface area (TPSA) is 55.1 Å². The monoisotopic (exact) mass is 338 g/mol. The van der Waals surface area contributed by atoms with Crippen LogP contribution in [0, 0.1) is 0 Å². The second kappa shape index (κ2) is 6.67. The fourth-order valence-electron chi connectivity index (χ4n) is 2.85. The number of rotatable bonds is 3. The van der Waals surface area contributed by atoms with E-state index in [9.17, 15) is 18.0 Å². The Balaban J connectivity index is 1.74. The van der Waals surface area contributed by atoms with E-state index in [1.807, 2.05) is 0 Å². The van der Waals surface area contributed by atoms with Gasteiger partial charge in [-0.2, -0.15) is 13.2 Å². The molecule has 1 fully saturated rings. The highest BCUT2D eigenvalue weighted by Gasteiger charge is 2.31. The standard InChI is InChI=1S/C17H17F3N2O2/c18-17(19,20)12-6-4-5-11(9-12)16-22-14(10-24-16)15(23)21-13-7-2-1-3-8-13/h4-6,9-10,13H,1-3,7-8H2,(H,21,23). The maximum atomic E-state index is 12.8. The van der Waals surface area contributed by atoms with Crippen molar-refractivity contribution in [3.05, 3.63) is 41.8 Å². The highest BCUT2D eigenvalue weighted by molar-refractivity contribution is 5.92. The third-order valence-electron chi connectivity index (χ3n) is 4.11. The Labute approximate surface area is 137 Å². The molecule has 24 heavy (non-hydrogen) atoms. The maximum Gasteiger partial charge on any atom is 0.416 e. The van der Waals surface area contributed by atoms with Gasteiger partial charge in [0.15, 0.2) is 5.69 Å². The van der Waals surface area contributed by atoms with Crippen molar-refractivity contribution >= 4 is 5.91 Å². The minimum atomic E-state index is -4.44. The predicted octanol–water partition coefficient (Wildman–Crippen LogP) is 4.42. The van der Waals surface area contributed by atoms with Crippen LogP contribution in [0.2, 0.25) is 0 Å². The summed E-state index contributed by atoms with van der Waals surface area (Å²) in [5.74, 6) is -0.362. The van der Waals surface area contributed by atoms with Crippen molar-refractivity contribution in [2.24, 2.45) is 0 Å². The van der Waals surface area contributed by atoms with Crippen molar-refractivity contribution in [3.8, 4) is 11.5 Å². The van der Waals surface area contributed by atoms with Crippen LogP contribution in [-0.4, -0.2) is 16.9 Å². The summed E-state index contributed by atoms with van der Waals surface area (Å²) >= 11 is 0. The van der Waals surface area contributed by atoms with Gasteiger partial charge in [0, 0.05) is 11.6 Å². The fraction of sp³-hybridized carbons (Fsp3) is 0.412. The number of amides is 1. The summed E-state index contributed by atoms with van der Waals surface area (Å²) in [7, 11) is 0. The zero-order valence-corrected chi connectivity index (χ0v) is 12.9. The Hall–Kier alpha value is -2.31. The lowest BCUT2D eigenvalue weighted by Crippen LogP contribution is -2.36. The number of oxazole rings is 1. The van der Waals surface area contributed by atoms with Crippen molar-refractivity contribution in [3.63, 3.8) is 0 Å². The van der Waals surface area contributed by atoms with Crippen LogP contribution in [0.15, 0.2) is 34.9 Å². The number of benzene rings is 1. The van der Waals surface area contributed by atoms with E-state index in [2.05, 4.69) is 10.3 Å². The van der Waals surface area contributed by atoms with Crippen molar-refractivity contribution in [1.82, 2.24) is 10.3 Å². The summed E-state index contributed by atoms with van der Waals surface area (Å²) in [5, 5.41) is 2.89. The molecule has 0 spiro atoms. The summed E-state index contributed by atoms with van der Waals surface area (Å²) < 4.78 is 43.5. The second-order valence-corrected chi connectivity index (χ2v) is 5.92. The molecule has 1 aliphatic rings. The van der Waals surface area contributed by atoms with Crippen LogP contribution >= 0.6 is 0 Å². The molecule has 128 valence electrons. The van der Waals surface area contributed by atoms with E-state index in [1.165, 1.54) is 24.8 Å². The Bertz CT molecular complexity index is 719. The molecule has 1 aliphatic carbocycles. The van der Waals surface area contributed by atoms with Gasteiger partial charge in [-0.3, -0.25) is 4.79 Å². The van der Waals surface area contributed by atoms with E-state index in [1.54, 1.807) is 0 Å². The summed E-state index contributed by atoms with van der Waals surface area (Å²) in [6.45, 7) is 0. The van der Waals surface area contributed by atoms with Crippen LogP contribution in [0.25, 0.3) is 11.5 Å². The average Bonchev–Trinajstić information content (AvgIpc) is 3.05. The minimum Gasteiger partial charge on any atom is -0.444 e. The molecule has 1 amide bonds. The quantitative estimate of drug-likeness (QED) is 0.901. The first-order valence-corrected chi connectivity index (χ1v) is 7.87. The van der Waals surface area contributed by atoms with Gasteiger partial charge >= 0.3 is 6.18 Å². The van der Waals surface area contributed by atoms with Crippen LogP contribution in [0.5, 0.6) is 0 Å². The number of halogens is 3. The van der Waals surface area contributed by atoms with Crippen LogP contribution in [0.3, 0.4) is 0 Å². The number of carbonyl (C=O) groups is 1. The zero-order valence-electron chi connectivity index (χ0n) is 12.9. The van der Waals surface area contributed by atoms with Crippen LogP contribution < -0.4 is 5.32 Å². The lowest BCUT2D eigenvalue weighted by molar-refractivity contribution is -0.137. The number of aromatic nitrogens is 1. The van der Waals surface area contributed by atoms with Gasteiger partial charge in [-0.1, -0.05) is 25.3 Å². The lowest BCUT2D eigenvalue weighted by atomic mass is 9.95. The van der Waals surface area contributed by atoms with Gasteiger partial charge in [0.05, 0.1) is 5.56 Å². The molecular weight excluding hydrogens is 321 g/mol. The van der Waals surface area contributed by atoms with Crippen LogP contribution in [0.1, 0.15) is 48.2 Å². The van der Waals surface area contributed by atoms with Gasteiger partial charge in [-0.15, -0.1) is 0 Å². The molecule has 1 saturated carbocycles. The van der Waals surface area contributed by atoms with Gasteiger partial charge < -0.3 is 9.73 Å². The van der Waals surface area contributed by atoms with Gasteiger partial charge in [0.25, 0.3) is 5.91 Å². The number of alkyl halides is 3. The number of nitrogens with one attached hydrogen (secondary N) is 1. The van der Waals surface area contributed by atoms with Crippen LogP contribution in [-0.2, 0) is 6.18 Å². The molecule has 1 N–H and O–H groups in total. The minimum absolute atomic E-state index is 0.00473. The maximum absolute atomic E-state index is 12.8. The molecule has 1 aromatic carbocycles. The normalized spacial score (nSPS) is 16.1. The molecule has 4 nitrogen and oxygen atoms in total. The molecule has 0 radical (unpaired) electrons.